The molecular formula is C20H22FN3O2S. The van der Waals surface area contributed by atoms with Gasteiger partial charge in [-0.05, 0) is 42.7 Å². The molecule has 2 aliphatic rings. The zero-order valence-electron chi connectivity index (χ0n) is 15.0. The highest BCUT2D eigenvalue weighted by atomic mass is 32.1. The molecule has 1 aliphatic carbocycles. The van der Waals surface area contributed by atoms with E-state index in [4.69, 9.17) is 0 Å². The second-order valence-corrected chi connectivity index (χ2v) is 8.16. The van der Waals surface area contributed by atoms with Gasteiger partial charge in [0.2, 0.25) is 5.91 Å². The lowest BCUT2D eigenvalue weighted by molar-refractivity contribution is -0.122. The van der Waals surface area contributed by atoms with Gasteiger partial charge >= 0.3 is 0 Å². The van der Waals surface area contributed by atoms with Gasteiger partial charge in [-0.15, -0.1) is 11.3 Å². The topological polar surface area (TPSA) is 52.7 Å². The molecule has 1 aliphatic heterocycles. The van der Waals surface area contributed by atoms with Crippen LogP contribution in [0.1, 0.15) is 22.5 Å². The third kappa shape index (κ3) is 4.54. The molecule has 4 rings (SSSR count). The van der Waals surface area contributed by atoms with Crippen LogP contribution in [-0.4, -0.2) is 60.4 Å². The number of benzene rings is 1. The van der Waals surface area contributed by atoms with E-state index in [0.29, 0.717) is 43.6 Å². The Morgan fingerprint density at radius 1 is 1.04 bits per heavy atom. The second kappa shape index (κ2) is 7.78. The number of carbonyl (C=O) groups is 2. The van der Waals surface area contributed by atoms with Crippen LogP contribution in [0.4, 0.5) is 4.39 Å². The van der Waals surface area contributed by atoms with E-state index in [1.807, 2.05) is 17.0 Å². The third-order valence-electron chi connectivity index (χ3n) is 4.91. The molecule has 1 saturated heterocycles. The van der Waals surface area contributed by atoms with Crippen LogP contribution < -0.4 is 5.32 Å². The largest absolute Gasteiger partial charge is 0.352 e. The number of nitrogens with zero attached hydrogens (tertiary/aromatic N) is 2. The number of piperazine rings is 1. The predicted molar refractivity (Wildman–Crippen MR) is 103 cm³/mol. The average Bonchev–Trinajstić information content (AvgIpc) is 3.34. The van der Waals surface area contributed by atoms with Gasteiger partial charge in [0.05, 0.1) is 11.4 Å². The lowest BCUT2D eigenvalue weighted by Gasteiger charge is -2.34. The summed E-state index contributed by atoms with van der Waals surface area (Å²) < 4.78 is 13.1. The summed E-state index contributed by atoms with van der Waals surface area (Å²) in [5, 5.41) is 3.00. The first-order chi connectivity index (χ1) is 13.1. The molecular weight excluding hydrogens is 365 g/mol. The van der Waals surface area contributed by atoms with E-state index in [9.17, 15) is 14.0 Å². The molecule has 0 unspecified atom stereocenters. The number of rotatable bonds is 5. The molecule has 142 valence electrons. The summed E-state index contributed by atoms with van der Waals surface area (Å²) in [4.78, 5) is 30.2. The minimum absolute atomic E-state index is 0.0236. The van der Waals surface area contributed by atoms with Gasteiger partial charge in [-0.25, -0.2) is 4.39 Å². The molecule has 5 nitrogen and oxygen atoms in total. The van der Waals surface area contributed by atoms with Crippen LogP contribution in [0.25, 0.3) is 10.4 Å². The van der Waals surface area contributed by atoms with Crippen LogP contribution in [0, 0.1) is 5.82 Å². The van der Waals surface area contributed by atoms with E-state index >= 15 is 0 Å². The first-order valence-corrected chi connectivity index (χ1v) is 10.1. The van der Waals surface area contributed by atoms with Gasteiger partial charge in [-0.2, -0.15) is 0 Å². The molecule has 1 aromatic heterocycles. The van der Waals surface area contributed by atoms with Crippen LogP contribution in [0.15, 0.2) is 36.4 Å². The smallest absolute Gasteiger partial charge is 0.264 e. The van der Waals surface area contributed by atoms with Crippen molar-refractivity contribution < 1.29 is 14.0 Å². The summed E-state index contributed by atoms with van der Waals surface area (Å²) in [5.74, 6) is -0.162. The Balaban J connectivity index is 1.31. The van der Waals surface area contributed by atoms with Crippen molar-refractivity contribution in [2.24, 2.45) is 0 Å². The van der Waals surface area contributed by atoms with E-state index in [-0.39, 0.29) is 17.6 Å². The molecule has 0 bridgehead atoms. The Morgan fingerprint density at radius 2 is 1.74 bits per heavy atom. The van der Waals surface area contributed by atoms with E-state index in [1.54, 1.807) is 12.1 Å². The van der Waals surface area contributed by atoms with Crippen molar-refractivity contribution in [3.63, 3.8) is 0 Å². The van der Waals surface area contributed by atoms with Gasteiger partial charge in [-0.3, -0.25) is 14.5 Å². The highest BCUT2D eigenvalue weighted by Crippen LogP contribution is 2.29. The predicted octanol–water partition coefficient (Wildman–Crippen LogP) is 2.59. The van der Waals surface area contributed by atoms with Crippen molar-refractivity contribution in [3.05, 3.63) is 47.1 Å². The fourth-order valence-corrected chi connectivity index (χ4v) is 4.17. The minimum Gasteiger partial charge on any atom is -0.352 e. The molecule has 1 saturated carbocycles. The Bertz CT molecular complexity index is 824. The molecule has 1 aromatic carbocycles. The fourth-order valence-electron chi connectivity index (χ4n) is 3.19. The van der Waals surface area contributed by atoms with Gasteiger partial charge in [0.15, 0.2) is 0 Å². The molecule has 0 spiro atoms. The highest BCUT2D eigenvalue weighted by molar-refractivity contribution is 7.17. The maximum Gasteiger partial charge on any atom is 0.264 e. The average molecular weight is 387 g/mol. The first-order valence-electron chi connectivity index (χ1n) is 9.25. The first kappa shape index (κ1) is 18.1. The number of amides is 2. The van der Waals surface area contributed by atoms with E-state index in [1.165, 1.54) is 23.5 Å². The summed E-state index contributed by atoms with van der Waals surface area (Å²) in [7, 11) is 0. The number of carbonyl (C=O) groups excluding carboxylic acids is 2. The quantitative estimate of drug-likeness (QED) is 0.858. The second-order valence-electron chi connectivity index (χ2n) is 7.08. The van der Waals surface area contributed by atoms with E-state index in [0.717, 1.165) is 23.3 Å². The Morgan fingerprint density at radius 3 is 2.41 bits per heavy atom. The van der Waals surface area contributed by atoms with E-state index in [2.05, 4.69) is 10.2 Å². The van der Waals surface area contributed by atoms with Crippen LogP contribution in [0.3, 0.4) is 0 Å². The van der Waals surface area contributed by atoms with E-state index < -0.39 is 0 Å². The summed E-state index contributed by atoms with van der Waals surface area (Å²) in [6.07, 6.45) is 2.18. The standard InChI is InChI=1S/C20H22FN3O2S/c21-15-3-1-14(2-4-15)17-7-8-18(27-17)20(26)24-11-9-23(10-12-24)13-19(25)22-16-5-6-16/h1-4,7-8,16H,5-6,9-13H2,(H,22,25). The summed E-state index contributed by atoms with van der Waals surface area (Å²) in [6, 6.07) is 10.4. The molecule has 0 radical (unpaired) electrons. The molecule has 0 atom stereocenters. The SMILES string of the molecule is O=C(CN1CCN(C(=O)c2ccc(-c3ccc(F)cc3)s2)CC1)NC1CC1. The van der Waals surface area contributed by atoms with Crippen LogP contribution >= 0.6 is 11.3 Å². The van der Waals surface area contributed by atoms with Crippen molar-refractivity contribution in [1.82, 2.24) is 15.1 Å². The lowest BCUT2D eigenvalue weighted by Crippen LogP contribution is -2.51. The maximum absolute atomic E-state index is 13.1. The number of hydrogen-bond donors (Lipinski definition) is 1. The zero-order chi connectivity index (χ0) is 18.8. The third-order valence-corrected chi connectivity index (χ3v) is 6.04. The van der Waals surface area contributed by atoms with Crippen LogP contribution in [-0.2, 0) is 4.79 Å². The van der Waals surface area contributed by atoms with Gasteiger partial charge in [0, 0.05) is 37.1 Å². The molecule has 2 amide bonds. The highest BCUT2D eigenvalue weighted by Gasteiger charge is 2.27. The molecule has 2 fully saturated rings. The van der Waals surface area contributed by atoms with Gasteiger partial charge in [0.1, 0.15) is 5.82 Å². The number of halogens is 1. The number of hydrogen-bond acceptors (Lipinski definition) is 4. The summed E-state index contributed by atoms with van der Waals surface area (Å²) >= 11 is 1.43. The summed E-state index contributed by atoms with van der Waals surface area (Å²) in [5.41, 5.74) is 0.909. The summed E-state index contributed by atoms with van der Waals surface area (Å²) in [6.45, 7) is 3.07. The Hall–Kier alpha value is -2.25. The lowest BCUT2D eigenvalue weighted by atomic mass is 10.2. The van der Waals surface area contributed by atoms with Gasteiger partial charge in [0.25, 0.3) is 5.91 Å². The van der Waals surface area contributed by atoms with Crippen LogP contribution in [0.2, 0.25) is 0 Å². The molecule has 2 aromatic rings. The zero-order valence-corrected chi connectivity index (χ0v) is 15.8. The van der Waals surface area contributed by atoms with Gasteiger partial charge in [-0.1, -0.05) is 12.1 Å². The number of thiophene rings is 1. The molecule has 2 heterocycles. The molecule has 1 N–H and O–H groups in total. The van der Waals surface area contributed by atoms with Crippen molar-refractivity contribution in [1.29, 1.82) is 0 Å². The van der Waals surface area contributed by atoms with Crippen molar-refractivity contribution in [2.45, 2.75) is 18.9 Å². The molecule has 7 heteroatoms. The Labute approximate surface area is 161 Å². The van der Waals surface area contributed by atoms with Gasteiger partial charge < -0.3 is 10.2 Å². The van der Waals surface area contributed by atoms with Crippen molar-refractivity contribution in [2.75, 3.05) is 32.7 Å². The van der Waals surface area contributed by atoms with Crippen molar-refractivity contribution in [3.8, 4) is 10.4 Å². The number of nitrogens with one attached hydrogen (secondary N) is 1. The minimum atomic E-state index is -0.268. The monoisotopic (exact) mass is 387 g/mol. The maximum atomic E-state index is 13.1. The Kier molecular flexibility index (Phi) is 5.22. The molecule has 27 heavy (non-hydrogen) atoms. The van der Waals surface area contributed by atoms with Crippen molar-refractivity contribution >= 4 is 23.2 Å². The normalized spacial score (nSPS) is 17.7. The van der Waals surface area contributed by atoms with Crippen LogP contribution in [0.5, 0.6) is 0 Å². The fraction of sp³-hybridized carbons (Fsp3) is 0.400.